The quantitative estimate of drug-likeness (QED) is 0.647. The Labute approximate surface area is 134 Å². The van der Waals surface area contributed by atoms with Gasteiger partial charge in [0, 0.05) is 30.9 Å². The largest absolute Gasteiger partial charge is 0.352 e. The zero-order valence-corrected chi connectivity index (χ0v) is 12.9. The van der Waals surface area contributed by atoms with Crippen molar-refractivity contribution >= 4 is 22.7 Å². The van der Waals surface area contributed by atoms with Gasteiger partial charge in [0.2, 0.25) is 5.91 Å². The van der Waals surface area contributed by atoms with Gasteiger partial charge in [-0.15, -0.1) is 0 Å². The number of carbonyl (C=O) groups is 2. The molecule has 2 aromatic rings. The molecule has 2 amide bonds. The van der Waals surface area contributed by atoms with Gasteiger partial charge >= 0.3 is 0 Å². The first-order chi connectivity index (χ1) is 11.2. The Morgan fingerprint density at radius 1 is 1.30 bits per heavy atom. The van der Waals surface area contributed by atoms with Crippen molar-refractivity contribution in [3.8, 4) is 0 Å². The lowest BCUT2D eigenvalue weighted by Gasteiger charge is -2.23. The third-order valence-electron chi connectivity index (χ3n) is 3.99. The summed E-state index contributed by atoms with van der Waals surface area (Å²) in [7, 11) is 0. The molecule has 1 aliphatic heterocycles. The van der Waals surface area contributed by atoms with Gasteiger partial charge in [-0.2, -0.15) is 5.10 Å². The van der Waals surface area contributed by atoms with Crippen LogP contribution in [0.15, 0.2) is 24.3 Å². The van der Waals surface area contributed by atoms with Crippen LogP contribution in [0.5, 0.6) is 0 Å². The number of fused-ring (bicyclic) bond motifs is 1. The van der Waals surface area contributed by atoms with Crippen LogP contribution >= 0.6 is 0 Å². The molecule has 7 heteroatoms. The molecule has 0 aliphatic carbocycles. The van der Waals surface area contributed by atoms with E-state index in [1.54, 1.807) is 0 Å². The zero-order chi connectivity index (χ0) is 16.1. The van der Waals surface area contributed by atoms with E-state index < -0.39 is 0 Å². The van der Waals surface area contributed by atoms with Crippen molar-refractivity contribution in [2.24, 2.45) is 0 Å². The second-order valence-corrected chi connectivity index (χ2v) is 5.73. The second kappa shape index (κ2) is 7.23. The van der Waals surface area contributed by atoms with Crippen molar-refractivity contribution in [2.75, 3.05) is 19.6 Å². The molecule has 7 nitrogen and oxygen atoms in total. The molecule has 1 aliphatic rings. The van der Waals surface area contributed by atoms with E-state index >= 15 is 0 Å². The molecule has 0 spiro atoms. The maximum absolute atomic E-state index is 12.2. The van der Waals surface area contributed by atoms with Gasteiger partial charge in [-0.3, -0.25) is 14.7 Å². The summed E-state index contributed by atoms with van der Waals surface area (Å²) >= 11 is 0. The Bertz CT molecular complexity index is 691. The van der Waals surface area contributed by atoms with Crippen molar-refractivity contribution in [1.82, 2.24) is 26.1 Å². The van der Waals surface area contributed by atoms with Crippen LogP contribution in [0.2, 0.25) is 0 Å². The van der Waals surface area contributed by atoms with Gasteiger partial charge in [0.25, 0.3) is 5.91 Å². The number of piperidine rings is 1. The molecule has 1 unspecified atom stereocenters. The lowest BCUT2D eigenvalue weighted by atomic mass is 10.1. The molecule has 2 heterocycles. The minimum absolute atomic E-state index is 0.0362. The van der Waals surface area contributed by atoms with Crippen LogP contribution in [0.3, 0.4) is 0 Å². The molecule has 0 bridgehead atoms. The molecule has 1 aromatic carbocycles. The molecular formula is C16H21N5O2. The fourth-order valence-corrected chi connectivity index (χ4v) is 2.78. The SMILES string of the molecule is O=C(CCNC(=O)c1n[nH]c2ccccc12)NC1CCCNC1. The Balaban J connectivity index is 1.46. The van der Waals surface area contributed by atoms with E-state index in [1.807, 2.05) is 24.3 Å². The van der Waals surface area contributed by atoms with Crippen LogP contribution in [0, 0.1) is 0 Å². The van der Waals surface area contributed by atoms with Crippen molar-refractivity contribution < 1.29 is 9.59 Å². The number of rotatable bonds is 5. The van der Waals surface area contributed by atoms with Gasteiger partial charge in [0.1, 0.15) is 0 Å². The number of aromatic nitrogens is 2. The summed E-state index contributed by atoms with van der Waals surface area (Å²) in [6.07, 6.45) is 2.35. The second-order valence-electron chi connectivity index (χ2n) is 5.73. The molecular weight excluding hydrogens is 294 g/mol. The number of hydrogen-bond acceptors (Lipinski definition) is 4. The summed E-state index contributed by atoms with van der Waals surface area (Å²) in [6.45, 7) is 2.13. The lowest BCUT2D eigenvalue weighted by molar-refractivity contribution is -0.121. The molecule has 0 radical (unpaired) electrons. The van der Waals surface area contributed by atoms with E-state index in [4.69, 9.17) is 0 Å². The minimum atomic E-state index is -0.269. The Hall–Kier alpha value is -2.41. The molecule has 1 aromatic heterocycles. The summed E-state index contributed by atoms with van der Waals surface area (Å²) in [5, 5.41) is 16.6. The molecule has 1 fully saturated rings. The van der Waals surface area contributed by atoms with Gasteiger partial charge in [0.05, 0.1) is 5.52 Å². The van der Waals surface area contributed by atoms with Crippen LogP contribution in [0.1, 0.15) is 29.8 Å². The standard InChI is InChI=1S/C16H21N5O2/c22-14(19-11-4-3-8-17-10-11)7-9-18-16(23)15-12-5-1-2-6-13(12)20-21-15/h1-2,5-6,11,17H,3-4,7-10H2,(H,18,23)(H,19,22)(H,20,21). The molecule has 1 atom stereocenters. The average Bonchev–Trinajstić information content (AvgIpc) is 3.00. The number of para-hydroxylation sites is 1. The van der Waals surface area contributed by atoms with Crippen molar-refractivity contribution in [1.29, 1.82) is 0 Å². The number of nitrogens with zero attached hydrogens (tertiary/aromatic N) is 1. The van der Waals surface area contributed by atoms with Gasteiger partial charge in [-0.25, -0.2) is 0 Å². The van der Waals surface area contributed by atoms with Crippen molar-refractivity contribution in [3.63, 3.8) is 0 Å². The van der Waals surface area contributed by atoms with Gasteiger partial charge in [-0.1, -0.05) is 18.2 Å². The van der Waals surface area contributed by atoms with E-state index in [0.29, 0.717) is 12.2 Å². The normalized spacial score (nSPS) is 17.8. The fraction of sp³-hybridized carbons (Fsp3) is 0.438. The van der Waals surface area contributed by atoms with E-state index in [2.05, 4.69) is 26.1 Å². The monoisotopic (exact) mass is 315 g/mol. The highest BCUT2D eigenvalue weighted by molar-refractivity contribution is 6.04. The molecule has 122 valence electrons. The summed E-state index contributed by atoms with van der Waals surface area (Å²) in [5.41, 5.74) is 1.18. The first-order valence-electron chi connectivity index (χ1n) is 7.95. The Morgan fingerprint density at radius 2 is 2.17 bits per heavy atom. The topological polar surface area (TPSA) is 98.9 Å². The number of nitrogens with one attached hydrogen (secondary N) is 4. The first-order valence-corrected chi connectivity index (χ1v) is 7.95. The van der Waals surface area contributed by atoms with E-state index in [9.17, 15) is 9.59 Å². The number of aromatic amines is 1. The molecule has 1 saturated heterocycles. The van der Waals surface area contributed by atoms with Crippen molar-refractivity contribution in [3.05, 3.63) is 30.0 Å². The van der Waals surface area contributed by atoms with Crippen LogP contribution in [-0.4, -0.2) is 47.7 Å². The van der Waals surface area contributed by atoms with Crippen molar-refractivity contribution in [2.45, 2.75) is 25.3 Å². The maximum atomic E-state index is 12.2. The highest BCUT2D eigenvalue weighted by Crippen LogP contribution is 2.14. The predicted octanol–water partition coefficient (Wildman–Crippen LogP) is 0.551. The summed E-state index contributed by atoms with van der Waals surface area (Å²) in [5.74, 6) is -0.305. The van der Waals surface area contributed by atoms with Gasteiger partial charge < -0.3 is 16.0 Å². The maximum Gasteiger partial charge on any atom is 0.272 e. The molecule has 4 N–H and O–H groups in total. The van der Waals surface area contributed by atoms with E-state index in [1.165, 1.54) is 0 Å². The fourth-order valence-electron chi connectivity index (χ4n) is 2.78. The summed E-state index contributed by atoms with van der Waals surface area (Å²) < 4.78 is 0. The number of hydrogen-bond donors (Lipinski definition) is 4. The zero-order valence-electron chi connectivity index (χ0n) is 12.9. The van der Waals surface area contributed by atoms with Gasteiger partial charge in [0.15, 0.2) is 5.69 Å². The predicted molar refractivity (Wildman–Crippen MR) is 87.1 cm³/mol. The minimum Gasteiger partial charge on any atom is -0.352 e. The number of carbonyl (C=O) groups excluding carboxylic acids is 2. The average molecular weight is 315 g/mol. The molecule has 0 saturated carbocycles. The number of H-pyrrole nitrogens is 1. The third kappa shape index (κ3) is 3.87. The highest BCUT2D eigenvalue weighted by atomic mass is 16.2. The van der Waals surface area contributed by atoms with E-state index in [0.717, 1.165) is 36.8 Å². The van der Waals surface area contributed by atoms with Gasteiger partial charge in [-0.05, 0) is 25.5 Å². The smallest absolute Gasteiger partial charge is 0.272 e. The summed E-state index contributed by atoms with van der Waals surface area (Å²) in [6, 6.07) is 7.65. The molecule has 3 rings (SSSR count). The van der Waals surface area contributed by atoms with Crippen LogP contribution in [0.4, 0.5) is 0 Å². The van der Waals surface area contributed by atoms with E-state index in [-0.39, 0.29) is 24.3 Å². The lowest BCUT2D eigenvalue weighted by Crippen LogP contribution is -2.46. The Kier molecular flexibility index (Phi) is 4.87. The highest BCUT2D eigenvalue weighted by Gasteiger charge is 2.16. The summed E-state index contributed by atoms with van der Waals surface area (Å²) in [4.78, 5) is 24.0. The first kappa shape index (κ1) is 15.5. The van der Waals surface area contributed by atoms with Crippen LogP contribution in [0.25, 0.3) is 10.9 Å². The van der Waals surface area contributed by atoms with Crippen LogP contribution < -0.4 is 16.0 Å². The molecule has 23 heavy (non-hydrogen) atoms. The van der Waals surface area contributed by atoms with Crippen LogP contribution in [-0.2, 0) is 4.79 Å². The third-order valence-corrected chi connectivity index (χ3v) is 3.99. The number of amides is 2. The number of benzene rings is 1. The Morgan fingerprint density at radius 3 is 3.00 bits per heavy atom.